The van der Waals surface area contributed by atoms with Crippen molar-refractivity contribution in [3.05, 3.63) is 41.5 Å². The van der Waals surface area contributed by atoms with Crippen molar-refractivity contribution < 1.29 is 33.8 Å². The first-order valence-corrected chi connectivity index (χ1v) is 14.3. The Morgan fingerprint density at radius 3 is 2.25 bits per heavy atom. The Morgan fingerprint density at radius 1 is 0.975 bits per heavy atom. The van der Waals surface area contributed by atoms with Gasteiger partial charge in [-0.25, -0.2) is 0 Å². The zero-order chi connectivity index (χ0) is 28.6. The molecule has 2 aliphatic carbocycles. The average molecular weight is 556 g/mol. The largest absolute Gasteiger partial charge is 0.497 e. The standard InChI is InChI=1S/C30H41N3O7/c1-18(31-29(37)21-9-11-22(34)12-10-21)28(36)33-25(16-20-7-13-23(39-2)14-8-20)30(38)32-24(27(35)26-17-40-26)15-19-5-3-4-6-19/h5,7-8,13-14,18,21-22,24-26,34H,3-4,6,9-12,15-17H2,1-2H3,(H,31,37)(H,32,38)(H,33,36)/t18-,21?,22?,24+,25+,26?/m1/s1. The number of rotatable bonds is 13. The number of aliphatic hydroxyl groups excluding tert-OH is 1. The molecule has 4 N–H and O–H groups in total. The molecule has 3 amide bonds. The van der Waals surface area contributed by atoms with Gasteiger partial charge in [0.1, 0.15) is 23.9 Å². The van der Waals surface area contributed by atoms with Gasteiger partial charge in [0.25, 0.3) is 0 Å². The summed E-state index contributed by atoms with van der Waals surface area (Å²) in [5, 5.41) is 18.2. The highest BCUT2D eigenvalue weighted by Gasteiger charge is 2.38. The van der Waals surface area contributed by atoms with Crippen LogP contribution in [0.1, 0.15) is 63.9 Å². The summed E-state index contributed by atoms with van der Waals surface area (Å²) < 4.78 is 10.4. The molecule has 1 aliphatic heterocycles. The number of ketones is 1. The van der Waals surface area contributed by atoms with Gasteiger partial charge in [0.15, 0.2) is 5.78 Å². The Morgan fingerprint density at radius 2 is 1.65 bits per heavy atom. The minimum Gasteiger partial charge on any atom is -0.497 e. The molecule has 10 nitrogen and oxygen atoms in total. The van der Waals surface area contributed by atoms with Crippen LogP contribution in [0, 0.1) is 5.92 Å². The number of carbonyl (C=O) groups excluding carboxylic acids is 4. The Bertz CT molecular complexity index is 1090. The fourth-order valence-electron chi connectivity index (χ4n) is 5.35. The van der Waals surface area contributed by atoms with Gasteiger partial charge in [0, 0.05) is 12.3 Å². The molecule has 1 unspecified atom stereocenters. The highest BCUT2D eigenvalue weighted by molar-refractivity contribution is 5.96. The Labute approximate surface area is 235 Å². The molecular weight excluding hydrogens is 514 g/mol. The molecule has 4 atom stereocenters. The van der Waals surface area contributed by atoms with E-state index in [9.17, 15) is 24.3 Å². The van der Waals surface area contributed by atoms with Gasteiger partial charge in [0.05, 0.1) is 25.9 Å². The molecule has 10 heteroatoms. The number of ether oxygens (including phenoxy) is 2. The number of amides is 3. The van der Waals surface area contributed by atoms with E-state index in [1.54, 1.807) is 26.2 Å². The SMILES string of the molecule is COc1ccc(C[C@H](NC(=O)[C@@H](C)NC(=O)C2CCC(O)CC2)C(=O)N[C@@H](CC2=CCCC2)C(=O)C2CO2)cc1. The number of allylic oxidation sites excluding steroid dienone is 1. The van der Waals surface area contributed by atoms with Crippen LogP contribution < -0.4 is 20.7 Å². The van der Waals surface area contributed by atoms with E-state index in [2.05, 4.69) is 22.0 Å². The lowest BCUT2D eigenvalue weighted by molar-refractivity contribution is -0.134. The average Bonchev–Trinajstić information content (AvgIpc) is 3.68. The highest BCUT2D eigenvalue weighted by atomic mass is 16.6. The van der Waals surface area contributed by atoms with E-state index in [0.717, 1.165) is 30.4 Å². The molecule has 0 spiro atoms. The molecule has 2 fully saturated rings. The number of carbonyl (C=O) groups is 4. The zero-order valence-electron chi connectivity index (χ0n) is 23.3. The number of aliphatic hydroxyl groups is 1. The van der Waals surface area contributed by atoms with Gasteiger partial charge < -0.3 is 30.5 Å². The molecule has 1 heterocycles. The first-order valence-electron chi connectivity index (χ1n) is 14.3. The maximum atomic E-state index is 13.6. The van der Waals surface area contributed by atoms with Crippen LogP contribution in [0.15, 0.2) is 35.9 Å². The van der Waals surface area contributed by atoms with Crippen molar-refractivity contribution in [3.63, 3.8) is 0 Å². The van der Waals surface area contributed by atoms with Crippen LogP contribution in [0.25, 0.3) is 0 Å². The maximum Gasteiger partial charge on any atom is 0.243 e. The van der Waals surface area contributed by atoms with Crippen LogP contribution in [0.2, 0.25) is 0 Å². The molecular formula is C30H41N3O7. The van der Waals surface area contributed by atoms with Crippen molar-refractivity contribution in [2.45, 2.75) is 95.0 Å². The van der Waals surface area contributed by atoms with Crippen LogP contribution in [-0.4, -0.2) is 72.7 Å². The van der Waals surface area contributed by atoms with Crippen molar-refractivity contribution in [1.29, 1.82) is 0 Å². The number of epoxide rings is 1. The summed E-state index contributed by atoms with van der Waals surface area (Å²) in [6.07, 6.45) is 7.01. The number of Topliss-reactive ketones (excluding diaryl/α,β-unsaturated/α-hetero) is 1. The Balaban J connectivity index is 1.44. The highest BCUT2D eigenvalue weighted by Crippen LogP contribution is 2.25. The monoisotopic (exact) mass is 555 g/mol. The van der Waals surface area contributed by atoms with Crippen LogP contribution in [0.3, 0.4) is 0 Å². The molecule has 1 aromatic carbocycles. The number of methoxy groups -OCH3 is 1. The fraction of sp³-hybridized carbons (Fsp3) is 0.600. The molecule has 40 heavy (non-hydrogen) atoms. The first kappa shape index (κ1) is 29.7. The summed E-state index contributed by atoms with van der Waals surface area (Å²) in [5.74, 6) is -0.940. The third-order valence-corrected chi connectivity index (χ3v) is 7.96. The van der Waals surface area contributed by atoms with Gasteiger partial charge in [-0.2, -0.15) is 0 Å². The van der Waals surface area contributed by atoms with Crippen molar-refractivity contribution in [3.8, 4) is 5.75 Å². The Hall–Kier alpha value is -3.24. The molecule has 1 saturated carbocycles. The summed E-state index contributed by atoms with van der Waals surface area (Å²) >= 11 is 0. The number of hydrogen-bond acceptors (Lipinski definition) is 7. The van der Waals surface area contributed by atoms with Gasteiger partial charge in [-0.3, -0.25) is 19.2 Å². The lowest BCUT2D eigenvalue weighted by atomic mass is 9.87. The number of benzene rings is 1. The molecule has 218 valence electrons. The van der Waals surface area contributed by atoms with Crippen molar-refractivity contribution in [1.82, 2.24) is 16.0 Å². The molecule has 0 aromatic heterocycles. The second-order valence-corrected chi connectivity index (χ2v) is 11.1. The third kappa shape index (κ3) is 8.38. The van der Waals surface area contributed by atoms with Crippen LogP contribution in [0.4, 0.5) is 0 Å². The minimum absolute atomic E-state index is 0.158. The van der Waals surface area contributed by atoms with Crippen LogP contribution in [0.5, 0.6) is 5.75 Å². The zero-order valence-corrected chi connectivity index (χ0v) is 23.3. The second kappa shape index (κ2) is 13.9. The second-order valence-electron chi connectivity index (χ2n) is 11.1. The van der Waals surface area contributed by atoms with Gasteiger partial charge in [0.2, 0.25) is 17.7 Å². The molecule has 0 radical (unpaired) electrons. The minimum atomic E-state index is -0.974. The van der Waals surface area contributed by atoms with E-state index >= 15 is 0 Å². The summed E-state index contributed by atoms with van der Waals surface area (Å²) in [6.45, 7) is 1.93. The van der Waals surface area contributed by atoms with Gasteiger partial charge in [-0.1, -0.05) is 23.8 Å². The number of nitrogens with one attached hydrogen (secondary N) is 3. The van der Waals surface area contributed by atoms with E-state index in [1.807, 2.05) is 12.1 Å². The summed E-state index contributed by atoms with van der Waals surface area (Å²) in [6, 6.07) is 4.61. The van der Waals surface area contributed by atoms with Crippen molar-refractivity contribution in [2.24, 2.45) is 5.92 Å². The molecule has 0 bridgehead atoms. The normalized spacial score (nSPS) is 24.2. The third-order valence-electron chi connectivity index (χ3n) is 7.96. The Kier molecular flexibility index (Phi) is 10.3. The lowest BCUT2D eigenvalue weighted by Crippen LogP contribution is -2.56. The van der Waals surface area contributed by atoms with E-state index in [-0.39, 0.29) is 30.1 Å². The van der Waals surface area contributed by atoms with E-state index < -0.39 is 36.0 Å². The van der Waals surface area contributed by atoms with E-state index in [1.165, 1.54) is 0 Å². The smallest absolute Gasteiger partial charge is 0.243 e. The summed E-state index contributed by atoms with van der Waals surface area (Å²) in [5.41, 5.74) is 1.94. The van der Waals surface area contributed by atoms with Gasteiger partial charge >= 0.3 is 0 Å². The topological polar surface area (TPSA) is 146 Å². The molecule has 1 saturated heterocycles. The molecule has 4 rings (SSSR count). The quantitative estimate of drug-likeness (QED) is 0.214. The van der Waals surface area contributed by atoms with E-state index in [4.69, 9.17) is 9.47 Å². The number of hydrogen-bond donors (Lipinski definition) is 4. The van der Waals surface area contributed by atoms with Crippen molar-refractivity contribution >= 4 is 23.5 Å². The van der Waals surface area contributed by atoms with E-state index in [0.29, 0.717) is 44.5 Å². The molecule has 3 aliphatic rings. The van der Waals surface area contributed by atoms with Crippen LogP contribution in [-0.2, 0) is 30.3 Å². The fourth-order valence-corrected chi connectivity index (χ4v) is 5.35. The predicted molar refractivity (Wildman–Crippen MR) is 147 cm³/mol. The predicted octanol–water partition coefficient (Wildman–Crippen LogP) is 1.73. The van der Waals surface area contributed by atoms with Gasteiger partial charge in [-0.15, -0.1) is 0 Å². The molecule has 1 aromatic rings. The maximum absolute atomic E-state index is 13.6. The van der Waals surface area contributed by atoms with Crippen molar-refractivity contribution in [2.75, 3.05) is 13.7 Å². The first-order chi connectivity index (χ1) is 19.2. The summed E-state index contributed by atoms with van der Waals surface area (Å²) in [4.78, 5) is 52.5. The van der Waals surface area contributed by atoms with Gasteiger partial charge in [-0.05, 0) is 76.0 Å². The summed E-state index contributed by atoms with van der Waals surface area (Å²) in [7, 11) is 1.57. The van der Waals surface area contributed by atoms with Crippen LogP contribution >= 0.6 is 0 Å². The lowest BCUT2D eigenvalue weighted by Gasteiger charge is -2.27.